The monoisotopic (exact) mass is 231 g/mol. The Hall–Kier alpha value is -1.41. The molecule has 0 aromatic heterocycles. The fourth-order valence-corrected chi connectivity index (χ4v) is 2.14. The quantitative estimate of drug-likeness (QED) is 0.778. The molecule has 0 amide bonds. The predicted octanol–water partition coefficient (Wildman–Crippen LogP) is 3.47. The predicted molar refractivity (Wildman–Crippen MR) is 70.8 cm³/mol. The molecule has 0 N–H and O–H groups in total. The van der Waals surface area contributed by atoms with Gasteiger partial charge in [0.2, 0.25) is 0 Å². The zero-order valence-electron chi connectivity index (χ0n) is 10.4. The molecule has 0 heterocycles. The summed E-state index contributed by atoms with van der Waals surface area (Å²) in [4.78, 5) is 2.17. The topological polar surface area (TPSA) is 3.24 Å². The van der Waals surface area contributed by atoms with E-state index < -0.39 is 0 Å². The second-order valence-electron chi connectivity index (χ2n) is 4.66. The normalized spacial score (nSPS) is 11.3. The summed E-state index contributed by atoms with van der Waals surface area (Å²) in [6.45, 7) is 1.06. The van der Waals surface area contributed by atoms with Gasteiger partial charge in [0.15, 0.2) is 0 Å². The van der Waals surface area contributed by atoms with Gasteiger partial charge < -0.3 is 4.90 Å². The van der Waals surface area contributed by atoms with Crippen molar-refractivity contribution in [3.05, 3.63) is 47.8 Å². The van der Waals surface area contributed by atoms with Gasteiger partial charge in [-0.15, -0.1) is 0 Å². The van der Waals surface area contributed by atoms with Crippen LogP contribution in [0.4, 0.5) is 4.39 Å². The highest BCUT2D eigenvalue weighted by molar-refractivity contribution is 5.86. The van der Waals surface area contributed by atoms with Gasteiger partial charge in [0.05, 0.1) is 0 Å². The Balaban J connectivity index is 2.25. The van der Waals surface area contributed by atoms with E-state index in [0.29, 0.717) is 0 Å². The lowest BCUT2D eigenvalue weighted by Crippen LogP contribution is -2.13. The van der Waals surface area contributed by atoms with Crippen molar-refractivity contribution in [1.82, 2.24) is 4.90 Å². The number of halogens is 1. The highest BCUT2D eigenvalue weighted by atomic mass is 19.1. The lowest BCUT2D eigenvalue weighted by Gasteiger charge is -2.10. The van der Waals surface area contributed by atoms with Crippen LogP contribution < -0.4 is 0 Å². The average Bonchev–Trinajstić information content (AvgIpc) is 2.30. The fourth-order valence-electron chi connectivity index (χ4n) is 2.14. The second-order valence-corrected chi connectivity index (χ2v) is 4.66. The molecule has 90 valence electrons. The van der Waals surface area contributed by atoms with Crippen molar-refractivity contribution in [2.45, 2.75) is 12.8 Å². The average molecular weight is 231 g/mol. The van der Waals surface area contributed by atoms with Gasteiger partial charge in [0.25, 0.3) is 0 Å². The second kappa shape index (κ2) is 5.28. The maximum absolute atomic E-state index is 13.6. The van der Waals surface area contributed by atoms with Gasteiger partial charge in [-0.2, -0.15) is 0 Å². The third kappa shape index (κ3) is 2.83. The van der Waals surface area contributed by atoms with E-state index in [9.17, 15) is 4.39 Å². The molecule has 0 saturated heterocycles. The molecule has 0 aliphatic carbocycles. The molecule has 0 radical (unpaired) electrons. The Morgan fingerprint density at radius 3 is 2.47 bits per heavy atom. The molecule has 0 aliphatic heterocycles. The van der Waals surface area contributed by atoms with Crippen LogP contribution in [0.1, 0.15) is 12.0 Å². The van der Waals surface area contributed by atoms with Crippen LogP contribution in [-0.4, -0.2) is 25.5 Å². The SMILES string of the molecule is CN(C)CCCc1cccc2c(F)cccc12. The van der Waals surface area contributed by atoms with Gasteiger partial charge in [0, 0.05) is 5.39 Å². The minimum Gasteiger partial charge on any atom is -0.309 e. The molecular weight excluding hydrogens is 213 g/mol. The number of rotatable bonds is 4. The zero-order valence-corrected chi connectivity index (χ0v) is 10.4. The van der Waals surface area contributed by atoms with E-state index in [0.717, 1.165) is 30.2 Å². The van der Waals surface area contributed by atoms with Crippen LogP contribution in [0.3, 0.4) is 0 Å². The molecule has 0 spiro atoms. The van der Waals surface area contributed by atoms with Crippen LogP contribution in [0.25, 0.3) is 10.8 Å². The third-order valence-corrected chi connectivity index (χ3v) is 3.01. The van der Waals surface area contributed by atoms with E-state index in [1.54, 1.807) is 6.07 Å². The van der Waals surface area contributed by atoms with Gasteiger partial charge in [-0.05, 0) is 50.5 Å². The summed E-state index contributed by atoms with van der Waals surface area (Å²) < 4.78 is 13.6. The minimum absolute atomic E-state index is 0.128. The number of hydrogen-bond acceptors (Lipinski definition) is 1. The van der Waals surface area contributed by atoms with Crippen molar-refractivity contribution >= 4 is 10.8 Å². The standard InChI is InChI=1S/C15H18FN/c1-17(2)11-5-7-12-6-3-9-14-13(12)8-4-10-15(14)16/h3-4,6,8-10H,5,7,11H2,1-2H3. The molecule has 2 aromatic carbocycles. The molecule has 17 heavy (non-hydrogen) atoms. The molecule has 2 heteroatoms. The van der Waals surface area contributed by atoms with Crippen molar-refractivity contribution < 1.29 is 4.39 Å². The number of aryl methyl sites for hydroxylation is 1. The molecule has 0 aliphatic rings. The van der Waals surface area contributed by atoms with Crippen LogP contribution in [0.2, 0.25) is 0 Å². The number of fused-ring (bicyclic) bond motifs is 1. The summed E-state index contributed by atoms with van der Waals surface area (Å²) in [6.07, 6.45) is 2.10. The smallest absolute Gasteiger partial charge is 0.131 e. The largest absolute Gasteiger partial charge is 0.309 e. The van der Waals surface area contributed by atoms with Crippen molar-refractivity contribution in [1.29, 1.82) is 0 Å². The van der Waals surface area contributed by atoms with E-state index in [1.807, 2.05) is 18.2 Å². The van der Waals surface area contributed by atoms with Crippen molar-refractivity contribution in [3.8, 4) is 0 Å². The van der Waals surface area contributed by atoms with Crippen LogP contribution in [0.15, 0.2) is 36.4 Å². The van der Waals surface area contributed by atoms with Crippen LogP contribution in [0.5, 0.6) is 0 Å². The third-order valence-electron chi connectivity index (χ3n) is 3.01. The van der Waals surface area contributed by atoms with Gasteiger partial charge in [-0.1, -0.05) is 30.3 Å². The summed E-state index contributed by atoms with van der Waals surface area (Å²) >= 11 is 0. The summed E-state index contributed by atoms with van der Waals surface area (Å²) in [6, 6.07) is 11.2. The summed E-state index contributed by atoms with van der Waals surface area (Å²) in [5.41, 5.74) is 1.24. The first-order chi connectivity index (χ1) is 8.18. The summed E-state index contributed by atoms with van der Waals surface area (Å²) in [5, 5.41) is 1.78. The van der Waals surface area contributed by atoms with Crippen LogP contribution >= 0.6 is 0 Å². The Bertz CT molecular complexity index is 505. The Kier molecular flexibility index (Phi) is 3.75. The maximum atomic E-state index is 13.6. The minimum atomic E-state index is -0.128. The van der Waals surface area contributed by atoms with E-state index in [2.05, 4.69) is 25.1 Å². The first-order valence-corrected chi connectivity index (χ1v) is 5.99. The van der Waals surface area contributed by atoms with Crippen molar-refractivity contribution in [2.75, 3.05) is 20.6 Å². The van der Waals surface area contributed by atoms with Crippen molar-refractivity contribution in [2.24, 2.45) is 0 Å². The Morgan fingerprint density at radius 1 is 1.00 bits per heavy atom. The molecule has 0 saturated carbocycles. The molecule has 0 unspecified atom stereocenters. The summed E-state index contributed by atoms with van der Waals surface area (Å²) in [7, 11) is 4.14. The first-order valence-electron chi connectivity index (χ1n) is 5.99. The van der Waals surface area contributed by atoms with Crippen LogP contribution in [0, 0.1) is 5.82 Å². The molecule has 0 fully saturated rings. The molecule has 0 bridgehead atoms. The van der Waals surface area contributed by atoms with Crippen LogP contribution in [-0.2, 0) is 6.42 Å². The van der Waals surface area contributed by atoms with Crippen molar-refractivity contribution in [3.63, 3.8) is 0 Å². The number of benzene rings is 2. The fraction of sp³-hybridized carbons (Fsp3) is 0.333. The number of nitrogens with zero attached hydrogens (tertiary/aromatic N) is 1. The first kappa shape index (κ1) is 12.1. The van der Waals surface area contributed by atoms with Gasteiger partial charge in [-0.25, -0.2) is 4.39 Å². The molecule has 1 nitrogen and oxygen atoms in total. The van der Waals surface area contributed by atoms with Gasteiger partial charge in [-0.3, -0.25) is 0 Å². The molecule has 2 aromatic rings. The highest BCUT2D eigenvalue weighted by Crippen LogP contribution is 2.22. The van der Waals surface area contributed by atoms with E-state index >= 15 is 0 Å². The highest BCUT2D eigenvalue weighted by Gasteiger charge is 2.04. The van der Waals surface area contributed by atoms with E-state index in [1.165, 1.54) is 11.6 Å². The Labute approximate surface area is 102 Å². The Morgan fingerprint density at radius 2 is 1.71 bits per heavy atom. The summed E-state index contributed by atoms with van der Waals surface area (Å²) in [5.74, 6) is -0.128. The lowest BCUT2D eigenvalue weighted by atomic mass is 10.0. The van der Waals surface area contributed by atoms with Gasteiger partial charge >= 0.3 is 0 Å². The van der Waals surface area contributed by atoms with Gasteiger partial charge in [0.1, 0.15) is 5.82 Å². The molecule has 2 rings (SSSR count). The van der Waals surface area contributed by atoms with E-state index in [-0.39, 0.29) is 5.82 Å². The lowest BCUT2D eigenvalue weighted by molar-refractivity contribution is 0.400. The maximum Gasteiger partial charge on any atom is 0.131 e. The molecule has 0 atom stereocenters. The number of hydrogen-bond donors (Lipinski definition) is 0. The van der Waals surface area contributed by atoms with E-state index in [4.69, 9.17) is 0 Å². The zero-order chi connectivity index (χ0) is 12.3. The molecular formula is C15H18FN.